The lowest BCUT2D eigenvalue weighted by Crippen LogP contribution is -1.90. The number of aliphatic imine (C=N–C) groups is 1. The normalized spacial score (nSPS) is 11.3. The average molecular weight is 179 g/mol. The molecule has 1 aromatic rings. The lowest BCUT2D eigenvalue weighted by atomic mass is 10.2. The lowest BCUT2D eigenvalue weighted by molar-refractivity contribution is 0.450. The van der Waals surface area contributed by atoms with Crippen LogP contribution in [0.4, 0.5) is 0 Å². The maximum atomic E-state index is 9.35. The van der Waals surface area contributed by atoms with Crippen LogP contribution in [-0.2, 0) is 0 Å². The van der Waals surface area contributed by atoms with E-state index in [1.54, 1.807) is 12.3 Å². The van der Waals surface area contributed by atoms with Crippen LogP contribution in [-0.4, -0.2) is 22.5 Å². The predicted molar refractivity (Wildman–Crippen MR) is 52.5 cm³/mol. The van der Waals surface area contributed by atoms with Gasteiger partial charge in [-0.25, -0.2) is 0 Å². The van der Waals surface area contributed by atoms with E-state index in [1.807, 2.05) is 13.8 Å². The molecule has 0 fully saturated rings. The smallest absolute Gasteiger partial charge is 0.128 e. The minimum absolute atomic E-state index is 0.0457. The van der Waals surface area contributed by atoms with E-state index >= 15 is 0 Å². The Kier molecular flexibility index (Phi) is 2.90. The number of benzene rings is 1. The molecule has 0 aliphatic heterocycles. The van der Waals surface area contributed by atoms with Gasteiger partial charge in [-0.1, -0.05) is 0 Å². The van der Waals surface area contributed by atoms with Gasteiger partial charge < -0.3 is 10.2 Å². The molecule has 0 bridgehead atoms. The highest BCUT2D eigenvalue weighted by atomic mass is 16.3. The van der Waals surface area contributed by atoms with E-state index in [-0.39, 0.29) is 17.5 Å². The van der Waals surface area contributed by atoms with Crippen molar-refractivity contribution in [2.75, 3.05) is 0 Å². The van der Waals surface area contributed by atoms with Crippen LogP contribution in [0.2, 0.25) is 0 Å². The van der Waals surface area contributed by atoms with Gasteiger partial charge >= 0.3 is 0 Å². The second kappa shape index (κ2) is 3.94. The quantitative estimate of drug-likeness (QED) is 0.681. The zero-order valence-electron chi connectivity index (χ0n) is 7.73. The van der Waals surface area contributed by atoms with Gasteiger partial charge in [0.05, 0.1) is 0 Å². The van der Waals surface area contributed by atoms with Gasteiger partial charge in [0.1, 0.15) is 11.5 Å². The van der Waals surface area contributed by atoms with E-state index in [2.05, 4.69) is 4.99 Å². The third-order valence-electron chi connectivity index (χ3n) is 1.53. The summed E-state index contributed by atoms with van der Waals surface area (Å²) in [7, 11) is 0. The molecule has 0 aliphatic carbocycles. The van der Waals surface area contributed by atoms with Crippen LogP contribution in [0.1, 0.15) is 19.4 Å². The second-order valence-corrected chi connectivity index (χ2v) is 3.12. The van der Waals surface area contributed by atoms with Gasteiger partial charge in [-0.2, -0.15) is 0 Å². The van der Waals surface area contributed by atoms with Gasteiger partial charge in [0.15, 0.2) is 0 Å². The molecule has 1 aromatic carbocycles. The summed E-state index contributed by atoms with van der Waals surface area (Å²) in [5.74, 6) is 0.101. The van der Waals surface area contributed by atoms with Crippen molar-refractivity contribution in [2.24, 2.45) is 4.99 Å². The molecule has 3 heteroatoms. The molecule has 13 heavy (non-hydrogen) atoms. The molecule has 0 saturated carbocycles. The van der Waals surface area contributed by atoms with Gasteiger partial charge in [0.2, 0.25) is 0 Å². The Bertz CT molecular complexity index is 319. The third kappa shape index (κ3) is 2.78. The molecule has 3 nitrogen and oxygen atoms in total. The first-order valence-electron chi connectivity index (χ1n) is 4.15. The molecule has 70 valence electrons. The number of nitrogens with zero attached hydrogens (tertiary/aromatic N) is 1. The Morgan fingerprint density at radius 3 is 2.54 bits per heavy atom. The van der Waals surface area contributed by atoms with Crippen LogP contribution in [0.5, 0.6) is 11.5 Å². The SMILES string of the molecule is CC(C)/N=C/c1ccc(O)cc1O. The maximum absolute atomic E-state index is 9.35. The summed E-state index contributed by atoms with van der Waals surface area (Å²) in [6, 6.07) is 4.63. The molecular formula is C10H13NO2. The van der Waals surface area contributed by atoms with Crippen molar-refractivity contribution >= 4 is 6.21 Å². The number of rotatable bonds is 2. The number of hydrogen-bond donors (Lipinski definition) is 2. The minimum Gasteiger partial charge on any atom is -0.508 e. The largest absolute Gasteiger partial charge is 0.508 e. The highest BCUT2D eigenvalue weighted by Gasteiger charge is 1.98. The van der Waals surface area contributed by atoms with Crippen LogP contribution in [0.25, 0.3) is 0 Å². The van der Waals surface area contributed by atoms with Crippen molar-refractivity contribution in [2.45, 2.75) is 19.9 Å². The predicted octanol–water partition coefficient (Wildman–Crippen LogP) is 1.93. The first kappa shape index (κ1) is 9.58. The minimum atomic E-state index is 0.0457. The molecule has 0 aliphatic rings. The first-order valence-corrected chi connectivity index (χ1v) is 4.15. The summed E-state index contributed by atoms with van der Waals surface area (Å²) in [6.45, 7) is 3.90. The van der Waals surface area contributed by atoms with E-state index in [1.165, 1.54) is 12.1 Å². The van der Waals surface area contributed by atoms with E-state index in [4.69, 9.17) is 5.11 Å². The fourth-order valence-corrected chi connectivity index (χ4v) is 0.871. The number of aromatic hydroxyl groups is 2. The Morgan fingerprint density at radius 2 is 2.00 bits per heavy atom. The van der Waals surface area contributed by atoms with Crippen molar-refractivity contribution in [1.82, 2.24) is 0 Å². The Balaban J connectivity index is 2.90. The summed E-state index contributed by atoms with van der Waals surface area (Å²) in [5.41, 5.74) is 0.617. The van der Waals surface area contributed by atoms with Crippen molar-refractivity contribution < 1.29 is 10.2 Å². The summed E-state index contributed by atoms with van der Waals surface area (Å²) in [5, 5.41) is 18.4. The summed E-state index contributed by atoms with van der Waals surface area (Å²) < 4.78 is 0. The van der Waals surface area contributed by atoms with Gasteiger partial charge in [-0.05, 0) is 26.0 Å². The zero-order valence-corrected chi connectivity index (χ0v) is 7.73. The van der Waals surface area contributed by atoms with E-state index < -0.39 is 0 Å². The maximum Gasteiger partial charge on any atom is 0.128 e. The van der Waals surface area contributed by atoms with Gasteiger partial charge in [-0.15, -0.1) is 0 Å². The monoisotopic (exact) mass is 179 g/mol. The molecule has 0 unspecified atom stereocenters. The van der Waals surface area contributed by atoms with Crippen molar-refractivity contribution in [3.05, 3.63) is 23.8 Å². The molecule has 0 heterocycles. The molecule has 1 rings (SSSR count). The standard InChI is InChI=1S/C10H13NO2/c1-7(2)11-6-8-3-4-9(12)5-10(8)13/h3-7,12-13H,1-2H3/b11-6+. The van der Waals surface area contributed by atoms with Crippen LogP contribution in [0.15, 0.2) is 23.2 Å². The topological polar surface area (TPSA) is 52.8 Å². The summed E-state index contributed by atoms with van der Waals surface area (Å²) in [4.78, 5) is 4.12. The van der Waals surface area contributed by atoms with Crippen LogP contribution in [0, 0.1) is 0 Å². The average Bonchev–Trinajstić information content (AvgIpc) is 2.02. The first-order chi connectivity index (χ1) is 6.09. The molecule has 0 saturated heterocycles. The Labute approximate surface area is 77.4 Å². The zero-order chi connectivity index (χ0) is 9.84. The number of hydrogen-bond acceptors (Lipinski definition) is 3. The fourth-order valence-electron chi connectivity index (χ4n) is 0.871. The summed E-state index contributed by atoms with van der Waals surface area (Å²) in [6.07, 6.45) is 1.60. The molecule has 0 aromatic heterocycles. The summed E-state index contributed by atoms with van der Waals surface area (Å²) >= 11 is 0. The lowest BCUT2D eigenvalue weighted by Gasteiger charge is -2.00. The molecule has 0 atom stereocenters. The highest BCUT2D eigenvalue weighted by Crippen LogP contribution is 2.20. The molecule has 2 N–H and O–H groups in total. The molecular weight excluding hydrogens is 166 g/mol. The Hall–Kier alpha value is -1.51. The van der Waals surface area contributed by atoms with Gasteiger partial charge in [-0.3, -0.25) is 4.99 Å². The van der Waals surface area contributed by atoms with Crippen molar-refractivity contribution in [3.8, 4) is 11.5 Å². The van der Waals surface area contributed by atoms with E-state index in [0.717, 1.165) is 0 Å². The highest BCUT2D eigenvalue weighted by molar-refractivity contribution is 5.83. The van der Waals surface area contributed by atoms with Gasteiger partial charge in [0, 0.05) is 23.9 Å². The van der Waals surface area contributed by atoms with Crippen molar-refractivity contribution in [1.29, 1.82) is 0 Å². The van der Waals surface area contributed by atoms with Crippen LogP contribution >= 0.6 is 0 Å². The number of phenols is 2. The third-order valence-corrected chi connectivity index (χ3v) is 1.53. The molecule has 0 spiro atoms. The van der Waals surface area contributed by atoms with Gasteiger partial charge in [0.25, 0.3) is 0 Å². The van der Waals surface area contributed by atoms with Crippen LogP contribution in [0.3, 0.4) is 0 Å². The second-order valence-electron chi connectivity index (χ2n) is 3.12. The fraction of sp³-hybridized carbons (Fsp3) is 0.300. The van der Waals surface area contributed by atoms with Crippen molar-refractivity contribution in [3.63, 3.8) is 0 Å². The van der Waals surface area contributed by atoms with E-state index in [9.17, 15) is 5.11 Å². The van der Waals surface area contributed by atoms with E-state index in [0.29, 0.717) is 5.56 Å². The molecule has 0 amide bonds. The van der Waals surface area contributed by atoms with Crippen LogP contribution < -0.4 is 0 Å². The molecule has 0 radical (unpaired) electrons. The Morgan fingerprint density at radius 1 is 1.31 bits per heavy atom. The number of phenolic OH excluding ortho intramolecular Hbond substituents is 2.